The summed E-state index contributed by atoms with van der Waals surface area (Å²) in [6, 6.07) is 4.62. The van der Waals surface area contributed by atoms with Crippen LogP contribution in [0.15, 0.2) is 24.2 Å². The molecule has 0 amide bonds. The van der Waals surface area contributed by atoms with Gasteiger partial charge in [-0.3, -0.25) is 9.59 Å². The molecule has 0 aliphatic carbocycles. The van der Waals surface area contributed by atoms with Crippen molar-refractivity contribution in [1.82, 2.24) is 0 Å². The molecule has 0 spiro atoms. The van der Waals surface area contributed by atoms with E-state index in [9.17, 15) is 9.59 Å². The number of ketones is 2. The number of carbonyl (C=O) groups excluding carboxylic acids is 2. The SMILES string of the molecule is [3H]c1cc(C(C)=O)cc(C(C)=O)c1. The maximum Gasteiger partial charge on any atom is 0.159 e. The van der Waals surface area contributed by atoms with Crippen LogP contribution in [0.3, 0.4) is 0 Å². The van der Waals surface area contributed by atoms with Crippen LogP contribution in [0.25, 0.3) is 0 Å². The number of benzene rings is 1. The highest BCUT2D eigenvalue weighted by Gasteiger charge is 2.02. The molecule has 0 bridgehead atoms. The number of carbonyl (C=O) groups is 2. The molecule has 0 aliphatic rings. The highest BCUT2D eigenvalue weighted by atomic mass is 16.1. The summed E-state index contributed by atoms with van der Waals surface area (Å²) in [5, 5.41) is 0. The van der Waals surface area contributed by atoms with Gasteiger partial charge in [-0.1, -0.05) is 18.2 Å². The molecule has 0 aliphatic heterocycles. The summed E-state index contributed by atoms with van der Waals surface area (Å²) >= 11 is 0. The fraction of sp³-hybridized carbons (Fsp3) is 0.200. The summed E-state index contributed by atoms with van der Waals surface area (Å²) in [5.74, 6) is -0.256. The number of hydrogen-bond donors (Lipinski definition) is 0. The van der Waals surface area contributed by atoms with Crippen LogP contribution in [-0.4, -0.2) is 11.6 Å². The van der Waals surface area contributed by atoms with Gasteiger partial charge in [0.05, 0.1) is 1.37 Å². The van der Waals surface area contributed by atoms with Crippen LogP contribution in [0.4, 0.5) is 0 Å². The first-order valence-electron chi connectivity index (χ1n) is 4.14. The summed E-state index contributed by atoms with van der Waals surface area (Å²) in [4.78, 5) is 22.0. The van der Waals surface area contributed by atoms with Crippen molar-refractivity contribution in [2.75, 3.05) is 0 Å². The molecule has 0 radical (unpaired) electrons. The minimum Gasteiger partial charge on any atom is -0.295 e. The zero-order chi connectivity index (χ0) is 10.0. The van der Waals surface area contributed by atoms with Crippen molar-refractivity contribution in [3.63, 3.8) is 0 Å². The third-order valence-corrected chi connectivity index (χ3v) is 1.60. The van der Waals surface area contributed by atoms with Gasteiger partial charge in [-0.15, -0.1) is 0 Å². The standard InChI is InChI=1S/C10H10O2/c1-7(11)9-4-3-5-10(6-9)8(2)12/h3-6H,1-2H3/i3T. The van der Waals surface area contributed by atoms with Gasteiger partial charge in [0, 0.05) is 11.1 Å². The molecule has 0 fully saturated rings. The molecule has 0 N–H and O–H groups in total. The summed E-state index contributed by atoms with van der Waals surface area (Å²) in [6.07, 6.45) is 0. The van der Waals surface area contributed by atoms with E-state index in [0.717, 1.165) is 0 Å². The molecule has 12 heavy (non-hydrogen) atoms. The van der Waals surface area contributed by atoms with Crippen molar-refractivity contribution in [3.8, 4) is 0 Å². The zero-order valence-corrected chi connectivity index (χ0v) is 7.05. The lowest BCUT2D eigenvalue weighted by Crippen LogP contribution is -1.96. The molecule has 0 saturated carbocycles. The number of Topliss-reactive ketones (excluding diaryl/α,β-unsaturated/α-hetero) is 2. The van der Waals surface area contributed by atoms with Gasteiger partial charge in [0.2, 0.25) is 0 Å². The van der Waals surface area contributed by atoms with E-state index < -0.39 is 0 Å². The van der Waals surface area contributed by atoms with Gasteiger partial charge >= 0.3 is 0 Å². The fourth-order valence-corrected chi connectivity index (χ4v) is 0.879. The first kappa shape index (κ1) is 7.22. The van der Waals surface area contributed by atoms with E-state index in [0.29, 0.717) is 11.1 Å². The smallest absolute Gasteiger partial charge is 0.159 e. The predicted molar refractivity (Wildman–Crippen MR) is 46.5 cm³/mol. The van der Waals surface area contributed by atoms with Crippen molar-refractivity contribution < 1.29 is 11.0 Å². The molecule has 0 saturated heterocycles. The Morgan fingerprint density at radius 1 is 1.17 bits per heavy atom. The first-order valence-corrected chi connectivity index (χ1v) is 3.64. The van der Waals surface area contributed by atoms with Gasteiger partial charge < -0.3 is 0 Å². The van der Waals surface area contributed by atoms with Gasteiger partial charge in [-0.2, -0.15) is 0 Å². The topological polar surface area (TPSA) is 34.1 Å². The third kappa shape index (κ3) is 1.78. The monoisotopic (exact) mass is 164 g/mol. The van der Waals surface area contributed by atoms with Crippen LogP contribution in [0, 0.1) is 0 Å². The quantitative estimate of drug-likeness (QED) is 0.627. The van der Waals surface area contributed by atoms with E-state index in [4.69, 9.17) is 1.37 Å². The Labute approximate surface area is 72.6 Å². The average molecular weight is 164 g/mol. The minimum atomic E-state index is -0.128. The van der Waals surface area contributed by atoms with Crippen LogP contribution < -0.4 is 0 Å². The van der Waals surface area contributed by atoms with Gasteiger partial charge in [-0.25, -0.2) is 0 Å². The van der Waals surface area contributed by atoms with E-state index in [-0.39, 0.29) is 17.6 Å². The van der Waals surface area contributed by atoms with Gasteiger partial charge in [-0.05, 0) is 19.9 Å². The van der Waals surface area contributed by atoms with Crippen LogP contribution in [0.2, 0.25) is 0 Å². The maximum atomic E-state index is 11.0. The molecule has 1 rings (SSSR count). The van der Waals surface area contributed by atoms with Crippen LogP contribution in [0.1, 0.15) is 35.9 Å². The molecule has 2 nitrogen and oxygen atoms in total. The Hall–Kier alpha value is -1.44. The molecule has 62 valence electrons. The summed E-state index contributed by atoms with van der Waals surface area (Å²) in [5.41, 5.74) is 0.829. The molecular formula is C10H10O2. The van der Waals surface area contributed by atoms with Crippen LogP contribution in [0.5, 0.6) is 0 Å². The second-order valence-electron chi connectivity index (χ2n) is 2.62. The maximum absolute atomic E-state index is 11.0. The Morgan fingerprint density at radius 2 is 1.58 bits per heavy atom. The number of hydrogen-bond acceptors (Lipinski definition) is 2. The van der Waals surface area contributed by atoms with Gasteiger partial charge in [0.1, 0.15) is 0 Å². The van der Waals surface area contributed by atoms with Gasteiger partial charge in [0.15, 0.2) is 11.6 Å². The normalized spacial score (nSPS) is 10.7. The van der Waals surface area contributed by atoms with Crippen molar-refractivity contribution in [2.45, 2.75) is 13.8 Å². The van der Waals surface area contributed by atoms with Crippen molar-refractivity contribution >= 4 is 11.6 Å². The van der Waals surface area contributed by atoms with Gasteiger partial charge in [0.25, 0.3) is 0 Å². The minimum absolute atomic E-state index is 0.128. The Morgan fingerprint density at radius 3 is 1.92 bits per heavy atom. The Kier molecular flexibility index (Phi) is 1.99. The van der Waals surface area contributed by atoms with E-state index in [1.807, 2.05) is 0 Å². The number of rotatable bonds is 2. The average Bonchev–Trinajstić information content (AvgIpc) is 2.03. The third-order valence-electron chi connectivity index (χ3n) is 1.60. The lowest BCUT2D eigenvalue weighted by atomic mass is 10.1. The van der Waals surface area contributed by atoms with Crippen LogP contribution in [-0.2, 0) is 0 Å². The highest BCUT2D eigenvalue weighted by Crippen LogP contribution is 2.06. The van der Waals surface area contributed by atoms with Crippen LogP contribution >= 0.6 is 0 Å². The van der Waals surface area contributed by atoms with Crippen molar-refractivity contribution in [1.29, 1.82) is 0 Å². The summed E-state index contributed by atoms with van der Waals surface area (Å²) in [7, 11) is 0. The Bertz CT molecular complexity index is 337. The second-order valence-corrected chi connectivity index (χ2v) is 2.62. The van der Waals surface area contributed by atoms with E-state index >= 15 is 0 Å². The summed E-state index contributed by atoms with van der Waals surface area (Å²) < 4.78 is 7.36. The Balaban J connectivity index is 3.26. The zero-order valence-electron chi connectivity index (χ0n) is 8.05. The molecular weight excluding hydrogens is 152 g/mol. The predicted octanol–water partition coefficient (Wildman–Crippen LogP) is 2.09. The van der Waals surface area contributed by atoms with Crippen molar-refractivity contribution in [3.05, 3.63) is 35.4 Å². The largest absolute Gasteiger partial charge is 0.295 e. The molecule has 2 heteroatoms. The summed E-state index contributed by atoms with van der Waals surface area (Å²) in [6.45, 7) is 2.83. The molecule has 0 aromatic heterocycles. The van der Waals surface area contributed by atoms with E-state index in [1.54, 1.807) is 0 Å². The molecule has 1 aromatic carbocycles. The lowest BCUT2D eigenvalue weighted by Gasteiger charge is -1.97. The first-order chi connectivity index (χ1) is 6.00. The lowest BCUT2D eigenvalue weighted by molar-refractivity contribution is 0.101. The molecule has 0 atom stereocenters. The highest BCUT2D eigenvalue weighted by molar-refractivity contribution is 5.99. The van der Waals surface area contributed by atoms with E-state index in [2.05, 4.69) is 0 Å². The molecule has 0 heterocycles. The fourth-order valence-electron chi connectivity index (χ4n) is 0.879. The molecule has 0 unspecified atom stereocenters. The second kappa shape index (κ2) is 3.30. The molecule has 1 aromatic rings. The van der Waals surface area contributed by atoms with E-state index in [1.165, 1.54) is 32.0 Å². The van der Waals surface area contributed by atoms with Crippen molar-refractivity contribution in [2.24, 2.45) is 0 Å².